The summed E-state index contributed by atoms with van der Waals surface area (Å²) in [5.41, 5.74) is -0.390. The van der Waals surface area contributed by atoms with Gasteiger partial charge in [-0.25, -0.2) is 4.79 Å². The van der Waals surface area contributed by atoms with E-state index in [2.05, 4.69) is 5.32 Å². The molecular weight excluding hydrogens is 296 g/mol. The lowest BCUT2D eigenvalue weighted by Gasteiger charge is -2.22. The van der Waals surface area contributed by atoms with Gasteiger partial charge < -0.3 is 14.8 Å². The third-order valence-corrected chi connectivity index (χ3v) is 3.78. The van der Waals surface area contributed by atoms with Crippen LogP contribution in [0.2, 0.25) is 0 Å². The summed E-state index contributed by atoms with van der Waals surface area (Å²) in [7, 11) is 0. The zero-order valence-corrected chi connectivity index (χ0v) is 13.7. The zero-order chi connectivity index (χ0) is 17.0. The van der Waals surface area contributed by atoms with Crippen LogP contribution < -0.4 is 10.1 Å². The van der Waals surface area contributed by atoms with Crippen molar-refractivity contribution >= 4 is 18.2 Å². The molecule has 23 heavy (non-hydrogen) atoms. The number of carbonyl (C=O) groups excluding carboxylic acids is 3. The van der Waals surface area contributed by atoms with Crippen LogP contribution in [-0.4, -0.2) is 35.8 Å². The van der Waals surface area contributed by atoms with Crippen molar-refractivity contribution in [2.45, 2.75) is 45.3 Å². The minimum absolute atomic E-state index is 0.0672. The number of ether oxygens (including phenoxy) is 1. The Hall–Kier alpha value is -2.37. The van der Waals surface area contributed by atoms with Crippen LogP contribution in [0.4, 0.5) is 4.79 Å². The van der Waals surface area contributed by atoms with Gasteiger partial charge in [0, 0.05) is 13.0 Å². The predicted molar refractivity (Wildman–Crippen MR) is 85.1 cm³/mol. The molecule has 6 heteroatoms. The van der Waals surface area contributed by atoms with E-state index in [0.29, 0.717) is 24.2 Å². The van der Waals surface area contributed by atoms with Gasteiger partial charge in [0.1, 0.15) is 17.6 Å². The van der Waals surface area contributed by atoms with Crippen LogP contribution in [0, 0.1) is 0 Å². The van der Waals surface area contributed by atoms with Gasteiger partial charge >= 0.3 is 6.03 Å². The number of rotatable bonds is 7. The quantitative estimate of drug-likeness (QED) is 0.475. The normalized spacial score (nSPS) is 20.8. The molecule has 1 aliphatic rings. The highest BCUT2D eigenvalue weighted by molar-refractivity contribution is 6.07. The van der Waals surface area contributed by atoms with Crippen molar-refractivity contribution in [1.82, 2.24) is 10.2 Å². The first-order valence-electron chi connectivity index (χ1n) is 7.73. The highest BCUT2D eigenvalue weighted by Crippen LogP contribution is 2.30. The molecular formula is C17H22N2O4. The first-order valence-corrected chi connectivity index (χ1v) is 7.73. The van der Waals surface area contributed by atoms with Crippen LogP contribution in [0.5, 0.6) is 5.75 Å². The molecule has 1 atom stereocenters. The molecule has 0 aromatic heterocycles. The summed E-state index contributed by atoms with van der Waals surface area (Å²) < 4.78 is 5.58. The number of hydrogen-bond acceptors (Lipinski definition) is 4. The van der Waals surface area contributed by atoms with Gasteiger partial charge in [-0.1, -0.05) is 12.1 Å². The van der Waals surface area contributed by atoms with Crippen LogP contribution in [-0.2, 0) is 15.1 Å². The second-order valence-corrected chi connectivity index (χ2v) is 6.01. The maximum absolute atomic E-state index is 12.6. The summed E-state index contributed by atoms with van der Waals surface area (Å²) in [5, 5.41) is 2.74. The lowest BCUT2D eigenvalue weighted by atomic mass is 9.92. The van der Waals surface area contributed by atoms with Crippen molar-refractivity contribution < 1.29 is 19.1 Å². The van der Waals surface area contributed by atoms with E-state index < -0.39 is 11.6 Å². The van der Waals surface area contributed by atoms with Crippen LogP contribution in [0.1, 0.15) is 39.2 Å². The minimum Gasteiger partial charge on any atom is -0.491 e. The lowest BCUT2D eigenvalue weighted by molar-refractivity contribution is -0.131. The van der Waals surface area contributed by atoms with Gasteiger partial charge in [0.2, 0.25) is 0 Å². The maximum Gasteiger partial charge on any atom is 0.325 e. The Morgan fingerprint density at radius 1 is 1.26 bits per heavy atom. The number of amides is 3. The van der Waals surface area contributed by atoms with E-state index in [0.717, 1.165) is 6.29 Å². The highest BCUT2D eigenvalue weighted by atomic mass is 16.5. The molecule has 0 bridgehead atoms. The molecule has 1 unspecified atom stereocenters. The van der Waals surface area contributed by atoms with E-state index in [4.69, 9.17) is 4.74 Å². The number of nitrogens with one attached hydrogen (secondary N) is 1. The summed E-state index contributed by atoms with van der Waals surface area (Å²) in [6, 6.07) is 6.71. The molecule has 1 aromatic carbocycles. The Morgan fingerprint density at radius 3 is 2.48 bits per heavy atom. The number of aldehydes is 1. The Balaban J connectivity index is 2.16. The third-order valence-electron chi connectivity index (χ3n) is 3.78. The SMILES string of the molecule is CC(C)Oc1ccc(C2(C)NC(=O)N(CCCC=O)C2=O)cc1. The molecule has 1 fully saturated rings. The Bertz CT molecular complexity index is 597. The summed E-state index contributed by atoms with van der Waals surface area (Å²) in [6.45, 7) is 5.80. The molecule has 3 amide bonds. The number of nitrogens with zero attached hydrogens (tertiary/aromatic N) is 1. The molecule has 0 radical (unpaired) electrons. The first kappa shape index (κ1) is 17.0. The van der Waals surface area contributed by atoms with E-state index in [9.17, 15) is 14.4 Å². The molecule has 1 aromatic rings. The molecule has 1 saturated heterocycles. The summed E-state index contributed by atoms with van der Waals surface area (Å²) >= 11 is 0. The van der Waals surface area contributed by atoms with Crippen molar-refractivity contribution in [2.24, 2.45) is 0 Å². The van der Waals surface area contributed by atoms with Gasteiger partial charge in [-0.15, -0.1) is 0 Å². The Kier molecular flexibility index (Phi) is 5.03. The van der Waals surface area contributed by atoms with Gasteiger partial charge in [0.05, 0.1) is 6.10 Å². The molecule has 0 saturated carbocycles. The van der Waals surface area contributed by atoms with Crippen molar-refractivity contribution in [3.8, 4) is 5.75 Å². The average Bonchev–Trinajstić information content (AvgIpc) is 2.71. The van der Waals surface area contributed by atoms with Crippen molar-refractivity contribution in [2.75, 3.05) is 6.54 Å². The monoisotopic (exact) mass is 318 g/mol. The minimum atomic E-state index is -1.09. The fourth-order valence-electron chi connectivity index (χ4n) is 2.57. The second-order valence-electron chi connectivity index (χ2n) is 6.01. The number of carbonyl (C=O) groups is 3. The lowest BCUT2D eigenvalue weighted by Crippen LogP contribution is -2.41. The van der Waals surface area contributed by atoms with Crippen molar-refractivity contribution in [1.29, 1.82) is 0 Å². The number of unbranched alkanes of at least 4 members (excludes halogenated alkanes) is 1. The molecule has 1 N–H and O–H groups in total. The largest absolute Gasteiger partial charge is 0.491 e. The van der Waals surface area contributed by atoms with Crippen molar-refractivity contribution in [3.63, 3.8) is 0 Å². The number of hydrogen-bond donors (Lipinski definition) is 1. The van der Waals surface area contributed by atoms with Crippen LogP contribution in [0.3, 0.4) is 0 Å². The van der Waals surface area contributed by atoms with E-state index in [1.54, 1.807) is 31.2 Å². The maximum atomic E-state index is 12.6. The highest BCUT2D eigenvalue weighted by Gasteiger charge is 2.48. The van der Waals surface area contributed by atoms with Gasteiger partial charge in [0.15, 0.2) is 0 Å². The smallest absolute Gasteiger partial charge is 0.325 e. The molecule has 6 nitrogen and oxygen atoms in total. The van der Waals surface area contributed by atoms with Crippen LogP contribution >= 0.6 is 0 Å². The van der Waals surface area contributed by atoms with E-state index in [1.165, 1.54) is 4.90 Å². The summed E-state index contributed by atoms with van der Waals surface area (Å²) in [6.07, 6.45) is 1.65. The van der Waals surface area contributed by atoms with E-state index in [-0.39, 0.29) is 18.6 Å². The fourth-order valence-corrected chi connectivity index (χ4v) is 2.57. The van der Waals surface area contributed by atoms with Crippen LogP contribution in [0.15, 0.2) is 24.3 Å². The van der Waals surface area contributed by atoms with Gasteiger partial charge in [-0.05, 0) is 44.9 Å². The Labute approximate surface area is 135 Å². The number of benzene rings is 1. The first-order chi connectivity index (χ1) is 10.9. The number of urea groups is 1. The molecule has 124 valence electrons. The third kappa shape index (κ3) is 3.52. The number of imide groups is 1. The zero-order valence-electron chi connectivity index (χ0n) is 13.7. The van der Waals surface area contributed by atoms with Gasteiger partial charge in [-0.3, -0.25) is 9.69 Å². The molecule has 0 aliphatic carbocycles. The predicted octanol–water partition coefficient (Wildman–Crippen LogP) is 2.22. The molecule has 1 heterocycles. The topological polar surface area (TPSA) is 75.7 Å². The summed E-state index contributed by atoms with van der Waals surface area (Å²) in [5.74, 6) is 0.415. The average molecular weight is 318 g/mol. The Morgan fingerprint density at radius 2 is 1.91 bits per heavy atom. The second kappa shape index (κ2) is 6.81. The van der Waals surface area contributed by atoms with Crippen molar-refractivity contribution in [3.05, 3.63) is 29.8 Å². The molecule has 1 aliphatic heterocycles. The van der Waals surface area contributed by atoms with E-state index in [1.807, 2.05) is 13.8 Å². The molecule has 0 spiro atoms. The summed E-state index contributed by atoms with van der Waals surface area (Å²) in [4.78, 5) is 36.2. The molecule has 2 rings (SSSR count). The van der Waals surface area contributed by atoms with E-state index >= 15 is 0 Å². The van der Waals surface area contributed by atoms with Crippen LogP contribution in [0.25, 0.3) is 0 Å². The van der Waals surface area contributed by atoms with Gasteiger partial charge in [0.25, 0.3) is 5.91 Å². The fraction of sp³-hybridized carbons (Fsp3) is 0.471. The van der Waals surface area contributed by atoms with Gasteiger partial charge in [-0.2, -0.15) is 0 Å². The standard InChI is InChI=1S/C17H22N2O4/c1-12(2)23-14-8-6-13(7-9-14)17(3)15(21)19(16(22)18-17)10-4-5-11-20/h6-9,11-12H,4-5,10H2,1-3H3,(H,18,22).